The molecule has 0 saturated carbocycles. The number of anilines is 1. The highest BCUT2D eigenvalue weighted by molar-refractivity contribution is 5.90. The maximum Gasteiger partial charge on any atom is 0.227 e. The molecule has 1 N–H and O–H groups in total. The second-order valence-corrected chi connectivity index (χ2v) is 6.58. The van der Waals surface area contributed by atoms with E-state index in [9.17, 15) is 4.79 Å². The lowest BCUT2D eigenvalue weighted by Crippen LogP contribution is -2.16. The van der Waals surface area contributed by atoms with Crippen molar-refractivity contribution in [2.75, 3.05) is 18.5 Å². The first-order valence-electron chi connectivity index (χ1n) is 9.67. The van der Waals surface area contributed by atoms with Crippen LogP contribution in [0, 0.1) is 0 Å². The van der Waals surface area contributed by atoms with E-state index in [0.29, 0.717) is 18.8 Å². The molecular weight excluding hydrogens is 326 g/mol. The Labute approximate surface area is 156 Å². The third kappa shape index (κ3) is 7.00. The van der Waals surface area contributed by atoms with Crippen molar-refractivity contribution in [3.8, 4) is 11.3 Å². The van der Waals surface area contributed by atoms with Crippen LogP contribution in [0.4, 0.5) is 5.82 Å². The van der Waals surface area contributed by atoms with Gasteiger partial charge in [-0.3, -0.25) is 9.48 Å². The molecule has 0 aliphatic rings. The first-order valence-corrected chi connectivity index (χ1v) is 9.67. The number of carbonyl (C=O) groups is 1. The summed E-state index contributed by atoms with van der Waals surface area (Å²) < 4.78 is 7.26. The van der Waals surface area contributed by atoms with Gasteiger partial charge in [0, 0.05) is 25.3 Å². The van der Waals surface area contributed by atoms with Gasteiger partial charge in [0.25, 0.3) is 0 Å². The number of carbonyl (C=O) groups excluding carboxylic acids is 1. The molecule has 0 bridgehead atoms. The van der Waals surface area contributed by atoms with E-state index < -0.39 is 0 Å². The third-order valence-electron chi connectivity index (χ3n) is 4.33. The summed E-state index contributed by atoms with van der Waals surface area (Å²) >= 11 is 0. The molecule has 26 heavy (non-hydrogen) atoms. The summed E-state index contributed by atoms with van der Waals surface area (Å²) in [7, 11) is 1.83. The molecule has 1 aromatic heterocycles. The number of rotatable bonds is 12. The number of aromatic nitrogens is 2. The van der Waals surface area contributed by atoms with Crippen molar-refractivity contribution < 1.29 is 9.53 Å². The van der Waals surface area contributed by atoms with Gasteiger partial charge in [-0.15, -0.1) is 0 Å². The Bertz CT molecular complexity index is 653. The number of ether oxygens (including phenoxy) is 1. The van der Waals surface area contributed by atoms with Crippen molar-refractivity contribution in [2.24, 2.45) is 7.05 Å². The molecule has 1 amide bonds. The summed E-state index contributed by atoms with van der Waals surface area (Å²) in [6.07, 6.45) is 7.84. The Morgan fingerprint density at radius 2 is 1.81 bits per heavy atom. The molecule has 0 fully saturated rings. The van der Waals surface area contributed by atoms with E-state index in [1.54, 1.807) is 4.68 Å². The zero-order valence-electron chi connectivity index (χ0n) is 16.0. The van der Waals surface area contributed by atoms with Gasteiger partial charge in [-0.25, -0.2) is 0 Å². The molecule has 0 radical (unpaired) electrons. The van der Waals surface area contributed by atoms with Gasteiger partial charge in [-0.05, 0) is 6.42 Å². The van der Waals surface area contributed by atoms with Crippen LogP contribution in [0.3, 0.4) is 0 Å². The zero-order valence-corrected chi connectivity index (χ0v) is 16.0. The summed E-state index contributed by atoms with van der Waals surface area (Å²) in [5.41, 5.74) is 1.88. The molecule has 2 aromatic rings. The molecule has 0 atom stereocenters. The lowest BCUT2D eigenvalue weighted by molar-refractivity contribution is -0.117. The monoisotopic (exact) mass is 357 g/mol. The second-order valence-electron chi connectivity index (χ2n) is 6.58. The molecule has 1 aromatic carbocycles. The Morgan fingerprint density at radius 1 is 1.08 bits per heavy atom. The Balaban J connectivity index is 1.65. The molecule has 0 saturated heterocycles. The number of hydrogen-bond donors (Lipinski definition) is 1. The lowest BCUT2D eigenvalue weighted by atomic mass is 10.1. The normalized spacial score (nSPS) is 10.8. The minimum atomic E-state index is -0.0458. The van der Waals surface area contributed by atoms with Crippen LogP contribution < -0.4 is 5.32 Å². The predicted molar refractivity (Wildman–Crippen MR) is 106 cm³/mol. The average molecular weight is 357 g/mol. The fourth-order valence-electron chi connectivity index (χ4n) is 2.79. The molecule has 0 unspecified atom stereocenters. The number of nitrogens with one attached hydrogen (secondary N) is 1. The maximum absolute atomic E-state index is 12.1. The number of hydrogen-bond acceptors (Lipinski definition) is 3. The standard InChI is InChI=1S/C21H31N3O2/c1-3-4-5-6-7-11-15-26-16-14-21(25)22-20-17-19(23-24(20)2)18-12-9-8-10-13-18/h8-10,12-13,17H,3-7,11,14-16H2,1-2H3,(H,22,25). The molecule has 0 aliphatic heterocycles. The first-order chi connectivity index (χ1) is 12.7. The number of amides is 1. The van der Waals surface area contributed by atoms with Crippen molar-refractivity contribution in [2.45, 2.75) is 51.9 Å². The van der Waals surface area contributed by atoms with Crippen LogP contribution in [0.5, 0.6) is 0 Å². The summed E-state index contributed by atoms with van der Waals surface area (Å²) in [5, 5.41) is 7.36. The van der Waals surface area contributed by atoms with E-state index in [-0.39, 0.29) is 5.91 Å². The van der Waals surface area contributed by atoms with Crippen molar-refractivity contribution >= 4 is 11.7 Å². The van der Waals surface area contributed by atoms with Crippen LogP contribution in [-0.4, -0.2) is 28.9 Å². The quantitative estimate of drug-likeness (QED) is 0.556. The van der Waals surface area contributed by atoms with Gasteiger partial charge in [-0.1, -0.05) is 69.4 Å². The van der Waals surface area contributed by atoms with Crippen LogP contribution in [0.1, 0.15) is 51.9 Å². The Morgan fingerprint density at radius 3 is 2.58 bits per heavy atom. The van der Waals surface area contributed by atoms with Gasteiger partial charge in [-0.2, -0.15) is 5.10 Å². The highest BCUT2D eigenvalue weighted by Gasteiger charge is 2.10. The minimum Gasteiger partial charge on any atom is -0.381 e. The Kier molecular flexibility index (Phi) is 8.90. The summed E-state index contributed by atoms with van der Waals surface area (Å²) in [5.74, 6) is 0.653. The van der Waals surface area contributed by atoms with E-state index >= 15 is 0 Å². The molecule has 5 nitrogen and oxygen atoms in total. The van der Waals surface area contributed by atoms with Crippen molar-refractivity contribution in [3.63, 3.8) is 0 Å². The average Bonchev–Trinajstić information content (AvgIpc) is 3.01. The maximum atomic E-state index is 12.1. The minimum absolute atomic E-state index is 0.0458. The summed E-state index contributed by atoms with van der Waals surface area (Å²) in [6.45, 7) is 3.43. The van der Waals surface area contributed by atoms with Crippen LogP contribution in [0.25, 0.3) is 11.3 Å². The van der Waals surface area contributed by atoms with Gasteiger partial charge in [0.2, 0.25) is 5.91 Å². The fraction of sp³-hybridized carbons (Fsp3) is 0.524. The fourth-order valence-corrected chi connectivity index (χ4v) is 2.79. The van der Waals surface area contributed by atoms with E-state index in [4.69, 9.17) is 4.74 Å². The molecule has 0 aliphatic carbocycles. The van der Waals surface area contributed by atoms with Crippen LogP contribution >= 0.6 is 0 Å². The SMILES string of the molecule is CCCCCCCCOCCC(=O)Nc1cc(-c2ccccc2)nn1C. The molecule has 5 heteroatoms. The number of benzene rings is 1. The highest BCUT2D eigenvalue weighted by atomic mass is 16.5. The zero-order chi connectivity index (χ0) is 18.6. The predicted octanol–water partition coefficient (Wildman–Crippen LogP) is 4.79. The summed E-state index contributed by atoms with van der Waals surface area (Å²) in [4.78, 5) is 12.1. The van der Waals surface area contributed by atoms with E-state index in [2.05, 4.69) is 17.3 Å². The molecule has 142 valence electrons. The first kappa shape index (κ1) is 20.2. The van der Waals surface area contributed by atoms with E-state index in [1.165, 1.54) is 32.1 Å². The van der Waals surface area contributed by atoms with Gasteiger partial charge in [0.15, 0.2) is 0 Å². The van der Waals surface area contributed by atoms with Gasteiger partial charge in [0.05, 0.1) is 18.7 Å². The largest absolute Gasteiger partial charge is 0.381 e. The molecular formula is C21H31N3O2. The van der Waals surface area contributed by atoms with Crippen molar-refractivity contribution in [1.29, 1.82) is 0 Å². The molecule has 0 spiro atoms. The van der Waals surface area contributed by atoms with E-state index in [1.807, 2.05) is 43.4 Å². The summed E-state index contributed by atoms with van der Waals surface area (Å²) in [6, 6.07) is 11.8. The van der Waals surface area contributed by atoms with Gasteiger partial charge >= 0.3 is 0 Å². The number of nitrogens with zero attached hydrogens (tertiary/aromatic N) is 2. The van der Waals surface area contributed by atoms with Crippen molar-refractivity contribution in [3.05, 3.63) is 36.4 Å². The topological polar surface area (TPSA) is 56.1 Å². The van der Waals surface area contributed by atoms with Crippen LogP contribution in [0.2, 0.25) is 0 Å². The highest BCUT2D eigenvalue weighted by Crippen LogP contribution is 2.20. The van der Waals surface area contributed by atoms with Gasteiger partial charge in [0.1, 0.15) is 5.82 Å². The smallest absolute Gasteiger partial charge is 0.227 e. The molecule has 1 heterocycles. The lowest BCUT2D eigenvalue weighted by Gasteiger charge is -2.06. The number of aryl methyl sites for hydroxylation is 1. The number of unbranched alkanes of at least 4 members (excludes halogenated alkanes) is 5. The van der Waals surface area contributed by atoms with Crippen LogP contribution in [0.15, 0.2) is 36.4 Å². The van der Waals surface area contributed by atoms with E-state index in [0.717, 1.165) is 24.3 Å². The van der Waals surface area contributed by atoms with Gasteiger partial charge < -0.3 is 10.1 Å². The van der Waals surface area contributed by atoms with Crippen LogP contribution in [-0.2, 0) is 16.6 Å². The molecule has 2 rings (SSSR count). The van der Waals surface area contributed by atoms with Crippen molar-refractivity contribution in [1.82, 2.24) is 9.78 Å². The Hall–Kier alpha value is -2.14. The second kappa shape index (κ2) is 11.5. The third-order valence-corrected chi connectivity index (χ3v) is 4.33.